The molecule has 7 heteroatoms. The minimum absolute atomic E-state index is 0.106. The lowest BCUT2D eigenvalue weighted by Gasteiger charge is -2.26. The Hall–Kier alpha value is -3.71. The van der Waals surface area contributed by atoms with E-state index in [4.69, 9.17) is 0 Å². The van der Waals surface area contributed by atoms with Gasteiger partial charge in [0.05, 0.1) is 34.8 Å². The number of carbonyl (C=O) groups excluding carboxylic acids is 2. The molecule has 0 saturated carbocycles. The smallest absolute Gasteiger partial charge is 0.295 e. The number of nitrogens with zero attached hydrogens (tertiary/aromatic N) is 4. The Morgan fingerprint density at radius 1 is 1.03 bits per heavy atom. The maximum absolute atomic E-state index is 13.2. The average Bonchev–Trinajstić information content (AvgIpc) is 3.32. The van der Waals surface area contributed by atoms with Gasteiger partial charge in [0, 0.05) is 6.54 Å². The zero-order valence-electron chi connectivity index (χ0n) is 20.0. The number of para-hydroxylation sites is 1. The molecule has 0 unspecified atom stereocenters. The SMILES string of the molecule is Cc1ccc([C@H]2/C(=C(\O)c3cnn(-c4ccccc4)c3C)C(=O)C(=O)N2CCCN(C)C)cc1. The number of benzene rings is 2. The average molecular weight is 459 g/mol. The third-order valence-corrected chi connectivity index (χ3v) is 6.20. The van der Waals surface area contributed by atoms with E-state index in [-0.39, 0.29) is 11.3 Å². The van der Waals surface area contributed by atoms with Gasteiger partial charge in [0.25, 0.3) is 11.7 Å². The van der Waals surface area contributed by atoms with Gasteiger partial charge in [0.2, 0.25) is 0 Å². The molecular formula is C27H30N4O3. The lowest BCUT2D eigenvalue weighted by molar-refractivity contribution is -0.139. The number of amides is 1. The molecule has 1 N–H and O–H groups in total. The van der Waals surface area contributed by atoms with Crippen LogP contribution in [0.3, 0.4) is 0 Å². The molecule has 1 aromatic heterocycles. The zero-order chi connectivity index (χ0) is 24.4. The van der Waals surface area contributed by atoms with Crippen molar-refractivity contribution in [2.45, 2.75) is 26.3 Å². The van der Waals surface area contributed by atoms with Crippen LogP contribution in [-0.2, 0) is 9.59 Å². The molecule has 4 rings (SSSR count). The van der Waals surface area contributed by atoms with E-state index in [1.165, 1.54) is 0 Å². The summed E-state index contributed by atoms with van der Waals surface area (Å²) in [5.74, 6) is -1.45. The van der Waals surface area contributed by atoms with Crippen LogP contribution >= 0.6 is 0 Å². The Morgan fingerprint density at radius 3 is 2.35 bits per heavy atom. The molecular weight excluding hydrogens is 428 g/mol. The summed E-state index contributed by atoms with van der Waals surface area (Å²) in [5, 5.41) is 15.8. The van der Waals surface area contributed by atoms with Gasteiger partial charge in [-0.25, -0.2) is 4.68 Å². The highest BCUT2D eigenvalue weighted by Gasteiger charge is 2.46. The van der Waals surface area contributed by atoms with E-state index in [1.54, 1.807) is 15.8 Å². The van der Waals surface area contributed by atoms with Crippen molar-refractivity contribution in [3.8, 4) is 5.69 Å². The molecule has 0 bridgehead atoms. The third-order valence-electron chi connectivity index (χ3n) is 6.20. The van der Waals surface area contributed by atoms with E-state index in [0.717, 1.165) is 23.4 Å². The van der Waals surface area contributed by atoms with Crippen molar-refractivity contribution in [1.82, 2.24) is 19.6 Å². The molecule has 3 aromatic rings. The number of hydrogen-bond acceptors (Lipinski definition) is 5. The fourth-order valence-electron chi connectivity index (χ4n) is 4.38. The molecule has 1 saturated heterocycles. The molecule has 1 amide bonds. The number of likely N-dealkylation sites (tertiary alicyclic amines) is 1. The summed E-state index contributed by atoms with van der Waals surface area (Å²) in [7, 11) is 3.94. The van der Waals surface area contributed by atoms with Crippen LogP contribution < -0.4 is 0 Å². The van der Waals surface area contributed by atoms with Crippen LogP contribution in [0.4, 0.5) is 0 Å². The predicted molar refractivity (Wildman–Crippen MR) is 132 cm³/mol. The fraction of sp³-hybridized carbons (Fsp3) is 0.296. The Morgan fingerprint density at radius 2 is 1.71 bits per heavy atom. The van der Waals surface area contributed by atoms with Gasteiger partial charge in [0.1, 0.15) is 5.76 Å². The Balaban J connectivity index is 1.80. The molecule has 1 atom stereocenters. The van der Waals surface area contributed by atoms with Crippen LogP contribution in [0.2, 0.25) is 0 Å². The summed E-state index contributed by atoms with van der Waals surface area (Å²) in [6.45, 7) is 5.02. The molecule has 1 aliphatic heterocycles. The standard InChI is InChI=1S/C27H30N4O3/c1-18-11-13-20(14-12-18)24-23(26(33)27(34)30(24)16-8-15-29(3)4)25(32)22-17-28-31(19(22)2)21-9-6-5-7-10-21/h5-7,9-14,17,24,32H,8,15-16H2,1-4H3/b25-23+/t24-/m0/s1. The molecule has 1 fully saturated rings. The quantitative estimate of drug-likeness (QED) is 0.330. The van der Waals surface area contributed by atoms with Crippen LogP contribution in [0.5, 0.6) is 0 Å². The Labute approximate surface area is 199 Å². The molecule has 1 aliphatic rings. The van der Waals surface area contributed by atoms with Crippen LogP contribution in [0, 0.1) is 13.8 Å². The van der Waals surface area contributed by atoms with E-state index >= 15 is 0 Å². The topological polar surface area (TPSA) is 78.7 Å². The molecule has 176 valence electrons. The minimum Gasteiger partial charge on any atom is -0.507 e. The van der Waals surface area contributed by atoms with Crippen molar-refractivity contribution >= 4 is 17.4 Å². The zero-order valence-corrected chi connectivity index (χ0v) is 20.0. The van der Waals surface area contributed by atoms with E-state index < -0.39 is 17.7 Å². The van der Waals surface area contributed by atoms with Gasteiger partial charge in [-0.2, -0.15) is 5.10 Å². The van der Waals surface area contributed by atoms with E-state index in [2.05, 4.69) is 5.10 Å². The Bertz CT molecular complexity index is 1230. The molecule has 0 spiro atoms. The number of hydrogen-bond donors (Lipinski definition) is 1. The third kappa shape index (κ3) is 4.39. The van der Waals surface area contributed by atoms with Gasteiger partial charge in [0.15, 0.2) is 0 Å². The van der Waals surface area contributed by atoms with Crippen molar-refractivity contribution in [2.75, 3.05) is 27.2 Å². The molecule has 0 aliphatic carbocycles. The molecule has 34 heavy (non-hydrogen) atoms. The van der Waals surface area contributed by atoms with Crippen molar-refractivity contribution in [3.05, 3.63) is 88.8 Å². The van der Waals surface area contributed by atoms with Crippen LogP contribution in [0.25, 0.3) is 11.4 Å². The van der Waals surface area contributed by atoms with Crippen molar-refractivity contribution < 1.29 is 14.7 Å². The first-order chi connectivity index (χ1) is 16.3. The predicted octanol–water partition coefficient (Wildman–Crippen LogP) is 3.86. The molecule has 2 aromatic carbocycles. The summed E-state index contributed by atoms with van der Waals surface area (Å²) in [6, 6.07) is 16.7. The molecule has 0 radical (unpaired) electrons. The number of ketones is 1. The highest BCUT2D eigenvalue weighted by molar-refractivity contribution is 6.46. The number of aliphatic hydroxyl groups excluding tert-OH is 1. The Kier molecular flexibility index (Phi) is 6.65. The number of Topliss-reactive ketones (excluding diaryl/α,β-unsaturated/α-hetero) is 1. The second-order valence-electron chi connectivity index (χ2n) is 8.95. The van der Waals surface area contributed by atoms with Crippen LogP contribution in [-0.4, -0.2) is 63.6 Å². The van der Waals surface area contributed by atoms with E-state index in [0.29, 0.717) is 24.2 Å². The van der Waals surface area contributed by atoms with Crippen molar-refractivity contribution in [2.24, 2.45) is 0 Å². The second kappa shape index (κ2) is 9.65. The van der Waals surface area contributed by atoms with Crippen LogP contribution in [0.1, 0.15) is 34.8 Å². The number of aryl methyl sites for hydroxylation is 1. The van der Waals surface area contributed by atoms with E-state index in [1.807, 2.05) is 87.4 Å². The summed E-state index contributed by atoms with van der Waals surface area (Å²) in [4.78, 5) is 29.9. The maximum Gasteiger partial charge on any atom is 0.295 e. The first-order valence-corrected chi connectivity index (χ1v) is 11.4. The largest absolute Gasteiger partial charge is 0.507 e. The number of aromatic nitrogens is 2. The summed E-state index contributed by atoms with van der Waals surface area (Å²) >= 11 is 0. The van der Waals surface area contributed by atoms with Gasteiger partial charge in [-0.15, -0.1) is 0 Å². The number of rotatable bonds is 7. The van der Waals surface area contributed by atoms with E-state index in [9.17, 15) is 14.7 Å². The van der Waals surface area contributed by atoms with Gasteiger partial charge in [-0.05, 0) is 58.6 Å². The summed E-state index contributed by atoms with van der Waals surface area (Å²) in [5.41, 5.74) is 3.95. The van der Waals surface area contributed by atoms with Gasteiger partial charge < -0.3 is 14.9 Å². The fourth-order valence-corrected chi connectivity index (χ4v) is 4.38. The van der Waals surface area contributed by atoms with Gasteiger partial charge in [-0.1, -0.05) is 48.0 Å². The minimum atomic E-state index is -0.667. The van der Waals surface area contributed by atoms with Crippen molar-refractivity contribution in [1.29, 1.82) is 0 Å². The maximum atomic E-state index is 13.2. The highest BCUT2D eigenvalue weighted by Crippen LogP contribution is 2.40. The van der Waals surface area contributed by atoms with Crippen molar-refractivity contribution in [3.63, 3.8) is 0 Å². The normalized spacial score (nSPS) is 17.7. The first-order valence-electron chi connectivity index (χ1n) is 11.4. The molecule has 2 heterocycles. The first kappa shape index (κ1) is 23.4. The molecule has 7 nitrogen and oxygen atoms in total. The van der Waals surface area contributed by atoms with Gasteiger partial charge in [-0.3, -0.25) is 9.59 Å². The van der Waals surface area contributed by atoms with Crippen LogP contribution in [0.15, 0.2) is 66.4 Å². The summed E-state index contributed by atoms with van der Waals surface area (Å²) < 4.78 is 1.71. The van der Waals surface area contributed by atoms with Gasteiger partial charge >= 0.3 is 0 Å². The second-order valence-corrected chi connectivity index (χ2v) is 8.95. The number of aliphatic hydroxyl groups is 1. The lowest BCUT2D eigenvalue weighted by atomic mass is 9.95. The lowest BCUT2D eigenvalue weighted by Crippen LogP contribution is -2.32. The summed E-state index contributed by atoms with van der Waals surface area (Å²) in [6.07, 6.45) is 2.26. The highest BCUT2D eigenvalue weighted by atomic mass is 16.3. The monoisotopic (exact) mass is 458 g/mol. The number of carbonyl (C=O) groups is 2.